The summed E-state index contributed by atoms with van der Waals surface area (Å²) in [6, 6.07) is 3.69. The van der Waals surface area contributed by atoms with E-state index in [1.807, 2.05) is 6.07 Å². The second kappa shape index (κ2) is 5.68. The first-order valence-corrected chi connectivity index (χ1v) is 7.42. The Kier molecular flexibility index (Phi) is 4.18. The lowest BCUT2D eigenvalue weighted by Gasteiger charge is -2.05. The second-order valence-corrected chi connectivity index (χ2v) is 6.00. The third-order valence-corrected chi connectivity index (χ3v) is 4.47. The summed E-state index contributed by atoms with van der Waals surface area (Å²) in [5.74, 6) is 0. The van der Waals surface area contributed by atoms with E-state index in [1.54, 1.807) is 25.5 Å². The van der Waals surface area contributed by atoms with Crippen LogP contribution in [0.25, 0.3) is 0 Å². The normalized spacial score (nSPS) is 11.7. The zero-order chi connectivity index (χ0) is 13.9. The highest BCUT2D eigenvalue weighted by Gasteiger charge is 2.21. The molecule has 2 aromatic heterocycles. The number of rotatable bonds is 5. The molecule has 0 aliphatic carbocycles. The third kappa shape index (κ3) is 3.31. The van der Waals surface area contributed by atoms with Crippen molar-refractivity contribution in [3.05, 3.63) is 41.6 Å². The molecule has 0 atom stereocenters. The molecule has 0 amide bonds. The quantitative estimate of drug-likeness (QED) is 0.893. The first kappa shape index (κ1) is 14.0. The molecule has 2 aromatic rings. The molecule has 6 nitrogen and oxygen atoms in total. The molecule has 0 aliphatic rings. The maximum absolute atomic E-state index is 12.0. The predicted molar refractivity (Wildman–Crippen MR) is 71.3 cm³/mol. The number of nitrogens with zero attached hydrogens (tertiary/aromatic N) is 3. The van der Waals surface area contributed by atoms with Crippen LogP contribution in [0.15, 0.2) is 35.9 Å². The van der Waals surface area contributed by atoms with E-state index >= 15 is 0 Å². The predicted octanol–water partition coefficient (Wildman–Crippen LogP) is 0.989. The summed E-state index contributed by atoms with van der Waals surface area (Å²) in [6.45, 7) is 0.265. The van der Waals surface area contributed by atoms with Crippen LogP contribution in [0.1, 0.15) is 5.56 Å². The zero-order valence-corrected chi connectivity index (χ0v) is 11.8. The van der Waals surface area contributed by atoms with Crippen molar-refractivity contribution >= 4 is 21.6 Å². The largest absolute Gasteiger partial charge is 0.324 e. The minimum atomic E-state index is -3.67. The molecule has 0 spiro atoms. The highest BCUT2D eigenvalue weighted by atomic mass is 35.5. The fourth-order valence-corrected chi connectivity index (χ4v) is 2.97. The number of halogens is 1. The molecule has 0 saturated carbocycles. The van der Waals surface area contributed by atoms with Gasteiger partial charge in [-0.1, -0.05) is 17.7 Å². The van der Waals surface area contributed by atoms with Crippen LogP contribution in [0.5, 0.6) is 0 Å². The summed E-state index contributed by atoms with van der Waals surface area (Å²) in [5, 5.41) is -0.0586. The first-order valence-electron chi connectivity index (χ1n) is 5.56. The summed E-state index contributed by atoms with van der Waals surface area (Å²) in [7, 11) is -2.05. The van der Waals surface area contributed by atoms with Crippen LogP contribution in [-0.2, 0) is 23.5 Å². The molecule has 2 rings (SSSR count). The molecule has 19 heavy (non-hydrogen) atoms. The lowest BCUT2D eigenvalue weighted by atomic mass is 10.2. The average Bonchev–Trinajstić information content (AvgIpc) is 2.72. The highest BCUT2D eigenvalue weighted by Crippen LogP contribution is 2.18. The third-order valence-electron chi connectivity index (χ3n) is 2.52. The molecular weight excluding hydrogens is 288 g/mol. The van der Waals surface area contributed by atoms with Gasteiger partial charge in [0, 0.05) is 26.0 Å². The monoisotopic (exact) mass is 300 g/mol. The summed E-state index contributed by atoms with van der Waals surface area (Å²) in [4.78, 5) is 7.74. The minimum Gasteiger partial charge on any atom is -0.324 e. The van der Waals surface area contributed by atoms with Crippen molar-refractivity contribution in [2.24, 2.45) is 7.05 Å². The highest BCUT2D eigenvalue weighted by molar-refractivity contribution is 7.89. The van der Waals surface area contributed by atoms with Gasteiger partial charge in [-0.05, 0) is 18.1 Å². The minimum absolute atomic E-state index is 0.0916. The van der Waals surface area contributed by atoms with Gasteiger partial charge in [-0.3, -0.25) is 4.98 Å². The van der Waals surface area contributed by atoms with Crippen LogP contribution in [0.2, 0.25) is 5.15 Å². The molecule has 0 bridgehead atoms. The van der Waals surface area contributed by atoms with E-state index in [2.05, 4.69) is 14.7 Å². The van der Waals surface area contributed by atoms with Crippen molar-refractivity contribution in [3.63, 3.8) is 0 Å². The van der Waals surface area contributed by atoms with Gasteiger partial charge in [0.05, 0.1) is 6.33 Å². The van der Waals surface area contributed by atoms with Crippen molar-refractivity contribution in [3.8, 4) is 0 Å². The molecule has 2 heterocycles. The topological polar surface area (TPSA) is 76.9 Å². The van der Waals surface area contributed by atoms with E-state index in [-0.39, 0.29) is 16.7 Å². The molecule has 8 heteroatoms. The fourth-order valence-electron chi connectivity index (χ4n) is 1.52. The van der Waals surface area contributed by atoms with Gasteiger partial charge in [-0.2, -0.15) is 0 Å². The molecule has 0 fully saturated rings. The number of nitrogens with one attached hydrogen (secondary N) is 1. The lowest BCUT2D eigenvalue weighted by Crippen LogP contribution is -2.26. The molecule has 0 saturated heterocycles. The van der Waals surface area contributed by atoms with E-state index in [0.29, 0.717) is 6.42 Å². The molecule has 1 N–H and O–H groups in total. The van der Waals surface area contributed by atoms with Crippen LogP contribution >= 0.6 is 11.6 Å². The van der Waals surface area contributed by atoms with Crippen molar-refractivity contribution < 1.29 is 8.42 Å². The summed E-state index contributed by atoms with van der Waals surface area (Å²) >= 11 is 5.86. The number of sulfonamides is 1. The molecule has 0 radical (unpaired) electrons. The Hall–Kier alpha value is -1.44. The van der Waals surface area contributed by atoms with Crippen LogP contribution < -0.4 is 4.72 Å². The number of hydrogen-bond donors (Lipinski definition) is 1. The van der Waals surface area contributed by atoms with Gasteiger partial charge in [-0.25, -0.2) is 18.1 Å². The standard InChI is InChI=1S/C11H13ClN4O2S/c1-16-8-14-11(10(16)12)19(17,18)15-6-4-9-3-2-5-13-7-9/h2-3,5,7-8,15H,4,6H2,1H3. The zero-order valence-electron chi connectivity index (χ0n) is 10.2. The van der Waals surface area contributed by atoms with Gasteiger partial charge in [0.25, 0.3) is 10.0 Å². The van der Waals surface area contributed by atoms with Crippen molar-refractivity contribution in [1.29, 1.82) is 0 Å². The summed E-state index contributed by atoms with van der Waals surface area (Å²) in [5.41, 5.74) is 0.956. The van der Waals surface area contributed by atoms with E-state index in [0.717, 1.165) is 5.56 Å². The van der Waals surface area contributed by atoms with E-state index in [1.165, 1.54) is 10.9 Å². The number of pyridine rings is 1. The van der Waals surface area contributed by atoms with Gasteiger partial charge < -0.3 is 4.57 Å². The first-order chi connectivity index (χ1) is 9.00. The van der Waals surface area contributed by atoms with Gasteiger partial charge in [-0.15, -0.1) is 0 Å². The molecule has 0 aliphatic heterocycles. The van der Waals surface area contributed by atoms with E-state index in [9.17, 15) is 8.42 Å². The molecular formula is C11H13ClN4O2S. The number of hydrogen-bond acceptors (Lipinski definition) is 4. The van der Waals surface area contributed by atoms with Gasteiger partial charge in [0.1, 0.15) is 5.15 Å². The number of aromatic nitrogens is 3. The summed E-state index contributed by atoms with van der Waals surface area (Å²) in [6.07, 6.45) is 5.28. The Labute approximate surface area is 116 Å². The van der Waals surface area contributed by atoms with Gasteiger partial charge in [0.2, 0.25) is 5.03 Å². The lowest BCUT2D eigenvalue weighted by molar-refractivity contribution is 0.578. The van der Waals surface area contributed by atoms with Crippen LogP contribution in [0.4, 0.5) is 0 Å². The Bertz CT molecular complexity index is 655. The smallest absolute Gasteiger partial charge is 0.261 e. The Morgan fingerprint density at radius 3 is 2.84 bits per heavy atom. The molecule has 0 unspecified atom stereocenters. The van der Waals surface area contributed by atoms with E-state index < -0.39 is 10.0 Å². The second-order valence-electron chi connectivity index (χ2n) is 3.96. The SMILES string of the molecule is Cn1cnc(S(=O)(=O)NCCc2cccnc2)c1Cl. The van der Waals surface area contributed by atoms with Crippen LogP contribution in [-0.4, -0.2) is 29.5 Å². The number of aryl methyl sites for hydroxylation is 1. The summed E-state index contributed by atoms with van der Waals surface area (Å²) < 4.78 is 27.8. The van der Waals surface area contributed by atoms with E-state index in [4.69, 9.17) is 11.6 Å². The van der Waals surface area contributed by atoms with Crippen molar-refractivity contribution in [2.45, 2.75) is 11.4 Å². The van der Waals surface area contributed by atoms with Crippen LogP contribution in [0.3, 0.4) is 0 Å². The number of imidazole rings is 1. The maximum atomic E-state index is 12.0. The van der Waals surface area contributed by atoms with Gasteiger partial charge >= 0.3 is 0 Å². The Morgan fingerprint density at radius 1 is 1.47 bits per heavy atom. The van der Waals surface area contributed by atoms with Crippen molar-refractivity contribution in [2.75, 3.05) is 6.54 Å². The molecule has 0 aromatic carbocycles. The van der Waals surface area contributed by atoms with Crippen molar-refractivity contribution in [1.82, 2.24) is 19.3 Å². The molecule has 102 valence electrons. The van der Waals surface area contributed by atoms with Crippen LogP contribution in [0, 0.1) is 0 Å². The van der Waals surface area contributed by atoms with Gasteiger partial charge in [0.15, 0.2) is 0 Å². The fraction of sp³-hybridized carbons (Fsp3) is 0.273. The average molecular weight is 301 g/mol. The Morgan fingerprint density at radius 2 is 2.26 bits per heavy atom. The maximum Gasteiger partial charge on any atom is 0.261 e. The Balaban J connectivity index is 2.01.